The zero-order valence-corrected chi connectivity index (χ0v) is 20.4. The summed E-state index contributed by atoms with van der Waals surface area (Å²) in [5.74, 6) is 0.644. The van der Waals surface area contributed by atoms with Crippen LogP contribution < -0.4 is 10.6 Å². The van der Waals surface area contributed by atoms with Gasteiger partial charge in [0.05, 0.1) is 6.61 Å². The van der Waals surface area contributed by atoms with Crippen LogP contribution in [0.2, 0.25) is 0 Å². The second-order valence-electron chi connectivity index (χ2n) is 9.38. The summed E-state index contributed by atoms with van der Waals surface area (Å²) >= 11 is 0. The fraction of sp³-hybridized carbons (Fsp3) is 0.379. The SMILES string of the molecule is CC[C@H](C)[C@H](N)CN(C(=O)[C@@H]1C[C@H]1c1ccccn1)c1ccc(-c2ccc(COC)cc2)cc1. The highest BCUT2D eigenvalue weighted by Gasteiger charge is 2.47. The van der Waals surface area contributed by atoms with Gasteiger partial charge in [-0.05, 0) is 53.3 Å². The maximum atomic E-state index is 13.6. The molecule has 1 aliphatic carbocycles. The number of benzene rings is 2. The molecule has 0 bridgehead atoms. The number of pyridine rings is 1. The number of carbonyl (C=O) groups excluding carboxylic acids is 1. The molecule has 34 heavy (non-hydrogen) atoms. The third-order valence-corrected chi connectivity index (χ3v) is 6.99. The number of nitrogens with zero attached hydrogens (tertiary/aromatic N) is 2. The number of amides is 1. The number of ether oxygens (including phenoxy) is 1. The van der Waals surface area contributed by atoms with E-state index < -0.39 is 0 Å². The fourth-order valence-electron chi connectivity index (χ4n) is 4.40. The van der Waals surface area contributed by atoms with Gasteiger partial charge in [0.25, 0.3) is 0 Å². The van der Waals surface area contributed by atoms with Gasteiger partial charge in [-0.2, -0.15) is 0 Å². The molecule has 1 aromatic heterocycles. The van der Waals surface area contributed by atoms with Crippen LogP contribution in [0.25, 0.3) is 11.1 Å². The number of hydrogen-bond acceptors (Lipinski definition) is 4. The zero-order valence-electron chi connectivity index (χ0n) is 20.4. The monoisotopic (exact) mass is 457 g/mol. The smallest absolute Gasteiger partial charge is 0.230 e. The molecule has 3 aromatic rings. The second kappa shape index (κ2) is 10.9. The van der Waals surface area contributed by atoms with Gasteiger partial charge >= 0.3 is 0 Å². The molecule has 4 atom stereocenters. The topological polar surface area (TPSA) is 68.5 Å². The summed E-state index contributed by atoms with van der Waals surface area (Å²) in [5, 5.41) is 0. The van der Waals surface area contributed by atoms with E-state index in [0.717, 1.165) is 40.9 Å². The van der Waals surface area contributed by atoms with Gasteiger partial charge in [0.15, 0.2) is 0 Å². The minimum atomic E-state index is -0.0750. The van der Waals surface area contributed by atoms with Gasteiger partial charge in [-0.1, -0.05) is 62.7 Å². The Labute approximate surface area is 203 Å². The van der Waals surface area contributed by atoms with Gasteiger partial charge in [0.2, 0.25) is 5.91 Å². The quantitative estimate of drug-likeness (QED) is 0.442. The first kappa shape index (κ1) is 24.1. The Balaban J connectivity index is 1.54. The summed E-state index contributed by atoms with van der Waals surface area (Å²) in [5.41, 5.74) is 11.8. The minimum Gasteiger partial charge on any atom is -0.380 e. The molecular formula is C29H35N3O2. The maximum absolute atomic E-state index is 13.6. The van der Waals surface area contributed by atoms with Crippen molar-refractivity contribution in [3.05, 3.63) is 84.2 Å². The van der Waals surface area contributed by atoms with Gasteiger partial charge in [-0.25, -0.2) is 0 Å². The number of rotatable bonds is 10. The Hall–Kier alpha value is -3.02. The lowest BCUT2D eigenvalue weighted by Gasteiger charge is -2.29. The molecule has 0 saturated heterocycles. The lowest BCUT2D eigenvalue weighted by atomic mass is 9.98. The average molecular weight is 458 g/mol. The van der Waals surface area contributed by atoms with Crippen LogP contribution in [-0.4, -0.2) is 30.6 Å². The Kier molecular flexibility index (Phi) is 7.76. The zero-order chi connectivity index (χ0) is 24.1. The summed E-state index contributed by atoms with van der Waals surface area (Å²) in [6.45, 7) is 5.41. The largest absolute Gasteiger partial charge is 0.380 e. The normalized spacial score (nSPS) is 18.8. The predicted molar refractivity (Wildman–Crippen MR) is 137 cm³/mol. The van der Waals surface area contributed by atoms with E-state index in [0.29, 0.717) is 19.1 Å². The highest BCUT2D eigenvalue weighted by Crippen LogP contribution is 2.48. The van der Waals surface area contributed by atoms with Crippen LogP contribution in [-0.2, 0) is 16.1 Å². The first-order valence-electron chi connectivity index (χ1n) is 12.2. The number of anilines is 1. The molecule has 0 aliphatic heterocycles. The molecule has 0 radical (unpaired) electrons. The molecule has 1 aliphatic rings. The molecule has 0 unspecified atom stereocenters. The minimum absolute atomic E-state index is 0.0351. The summed E-state index contributed by atoms with van der Waals surface area (Å²) < 4.78 is 5.20. The molecule has 1 heterocycles. The summed E-state index contributed by atoms with van der Waals surface area (Å²) in [7, 11) is 1.70. The lowest BCUT2D eigenvalue weighted by molar-refractivity contribution is -0.120. The molecule has 2 aromatic carbocycles. The van der Waals surface area contributed by atoms with E-state index in [-0.39, 0.29) is 23.8 Å². The van der Waals surface area contributed by atoms with Gasteiger partial charge in [-0.15, -0.1) is 0 Å². The molecular weight excluding hydrogens is 422 g/mol. The molecule has 5 nitrogen and oxygen atoms in total. The van der Waals surface area contributed by atoms with Crippen molar-refractivity contribution in [1.29, 1.82) is 0 Å². The molecule has 2 N–H and O–H groups in total. The van der Waals surface area contributed by atoms with Crippen molar-refractivity contribution in [2.75, 3.05) is 18.6 Å². The Morgan fingerprint density at radius 3 is 2.35 bits per heavy atom. The van der Waals surface area contributed by atoms with Crippen molar-refractivity contribution in [1.82, 2.24) is 4.98 Å². The highest BCUT2D eigenvalue weighted by atomic mass is 16.5. The Bertz CT molecular complexity index is 1070. The van der Waals surface area contributed by atoms with E-state index in [9.17, 15) is 4.79 Å². The molecule has 4 rings (SSSR count). The van der Waals surface area contributed by atoms with Crippen molar-refractivity contribution in [2.45, 2.75) is 45.3 Å². The maximum Gasteiger partial charge on any atom is 0.230 e. The van der Waals surface area contributed by atoms with E-state index >= 15 is 0 Å². The van der Waals surface area contributed by atoms with Crippen molar-refractivity contribution < 1.29 is 9.53 Å². The van der Waals surface area contributed by atoms with Crippen LogP contribution in [0, 0.1) is 11.8 Å². The second-order valence-corrected chi connectivity index (χ2v) is 9.38. The summed E-state index contributed by atoms with van der Waals surface area (Å²) in [6, 6.07) is 22.4. The van der Waals surface area contributed by atoms with Crippen molar-refractivity contribution in [3.8, 4) is 11.1 Å². The molecule has 1 fully saturated rings. The van der Waals surface area contributed by atoms with E-state index in [1.54, 1.807) is 13.3 Å². The number of aromatic nitrogens is 1. The molecule has 0 spiro atoms. The highest BCUT2D eigenvalue weighted by molar-refractivity contribution is 5.97. The number of hydrogen-bond donors (Lipinski definition) is 1. The van der Waals surface area contributed by atoms with Gasteiger partial charge < -0.3 is 15.4 Å². The van der Waals surface area contributed by atoms with Gasteiger partial charge in [0, 0.05) is 49.1 Å². The standard InChI is InChI=1S/C29H35N3O2/c1-4-20(2)27(30)18-32(29(33)26-17-25(26)28-7-5-6-16-31-28)24-14-12-23(13-15-24)22-10-8-21(9-11-22)19-34-3/h5-16,20,25-27H,4,17-19,30H2,1-3H3/t20-,25+,26+,27+/m0/s1. The Morgan fingerprint density at radius 2 is 1.76 bits per heavy atom. The first-order chi connectivity index (χ1) is 16.5. The van der Waals surface area contributed by atoms with Crippen LogP contribution in [0.5, 0.6) is 0 Å². The molecule has 178 valence electrons. The van der Waals surface area contributed by atoms with Gasteiger partial charge in [0.1, 0.15) is 0 Å². The number of nitrogens with two attached hydrogens (primary N) is 1. The van der Waals surface area contributed by atoms with E-state index in [4.69, 9.17) is 10.5 Å². The number of methoxy groups -OCH3 is 1. The van der Waals surface area contributed by atoms with Gasteiger partial charge in [-0.3, -0.25) is 9.78 Å². The van der Waals surface area contributed by atoms with E-state index in [2.05, 4.69) is 55.2 Å². The lowest BCUT2D eigenvalue weighted by Crippen LogP contribution is -2.45. The van der Waals surface area contributed by atoms with Crippen molar-refractivity contribution in [2.24, 2.45) is 17.6 Å². The summed E-state index contributed by atoms with van der Waals surface area (Å²) in [6.07, 6.45) is 3.63. The van der Waals surface area contributed by atoms with Crippen molar-refractivity contribution in [3.63, 3.8) is 0 Å². The molecule has 1 amide bonds. The third kappa shape index (κ3) is 5.54. The molecule has 5 heteroatoms. The fourth-order valence-corrected chi connectivity index (χ4v) is 4.40. The third-order valence-electron chi connectivity index (χ3n) is 6.99. The predicted octanol–water partition coefficient (Wildman–Crippen LogP) is 5.41. The van der Waals surface area contributed by atoms with Crippen LogP contribution in [0.15, 0.2) is 72.9 Å². The number of carbonyl (C=O) groups is 1. The van der Waals surface area contributed by atoms with Crippen LogP contribution >= 0.6 is 0 Å². The van der Waals surface area contributed by atoms with Crippen LogP contribution in [0.3, 0.4) is 0 Å². The van der Waals surface area contributed by atoms with E-state index in [1.807, 2.05) is 35.2 Å². The van der Waals surface area contributed by atoms with Crippen LogP contribution in [0.4, 0.5) is 5.69 Å². The van der Waals surface area contributed by atoms with E-state index in [1.165, 1.54) is 0 Å². The first-order valence-corrected chi connectivity index (χ1v) is 12.2. The molecule has 1 saturated carbocycles. The van der Waals surface area contributed by atoms with Crippen LogP contribution in [0.1, 0.15) is 43.9 Å². The van der Waals surface area contributed by atoms with Crippen molar-refractivity contribution >= 4 is 11.6 Å². The summed E-state index contributed by atoms with van der Waals surface area (Å²) in [4.78, 5) is 20.0. The Morgan fingerprint density at radius 1 is 1.09 bits per heavy atom. The average Bonchev–Trinajstić information content (AvgIpc) is 3.69.